The molecule has 0 unspecified atom stereocenters. The third kappa shape index (κ3) is 3.91. The number of nitro benzene ring substituents is 1. The SMILES string of the molecule is O=C(Cc1cccc([N+](=O)[O-])c1)OCc1ccccc1. The number of hydrogen-bond acceptors (Lipinski definition) is 4. The zero-order valence-electron chi connectivity index (χ0n) is 10.7. The van der Waals surface area contributed by atoms with Crippen LogP contribution in [0.3, 0.4) is 0 Å². The van der Waals surface area contributed by atoms with Crippen LogP contribution in [0.15, 0.2) is 54.6 Å². The van der Waals surface area contributed by atoms with Gasteiger partial charge in [0.1, 0.15) is 6.61 Å². The quantitative estimate of drug-likeness (QED) is 0.476. The summed E-state index contributed by atoms with van der Waals surface area (Å²) in [7, 11) is 0. The maximum atomic E-state index is 11.7. The molecule has 0 aromatic heterocycles. The van der Waals surface area contributed by atoms with E-state index in [1.165, 1.54) is 12.1 Å². The Balaban J connectivity index is 1.91. The van der Waals surface area contributed by atoms with Crippen molar-refractivity contribution in [2.24, 2.45) is 0 Å². The van der Waals surface area contributed by atoms with E-state index >= 15 is 0 Å². The van der Waals surface area contributed by atoms with Crippen LogP contribution in [0.1, 0.15) is 11.1 Å². The van der Waals surface area contributed by atoms with Gasteiger partial charge in [-0.2, -0.15) is 0 Å². The molecule has 0 atom stereocenters. The van der Waals surface area contributed by atoms with Crippen molar-refractivity contribution >= 4 is 11.7 Å². The van der Waals surface area contributed by atoms with Crippen molar-refractivity contribution in [3.05, 3.63) is 75.8 Å². The predicted octanol–water partition coefficient (Wildman–Crippen LogP) is 2.88. The molecule has 0 aliphatic rings. The topological polar surface area (TPSA) is 69.4 Å². The molecule has 102 valence electrons. The van der Waals surface area contributed by atoms with Crippen LogP contribution in [-0.2, 0) is 22.6 Å². The van der Waals surface area contributed by atoms with Gasteiger partial charge < -0.3 is 4.74 Å². The maximum Gasteiger partial charge on any atom is 0.310 e. The lowest BCUT2D eigenvalue weighted by molar-refractivity contribution is -0.384. The second kappa shape index (κ2) is 6.47. The number of ether oxygens (including phenoxy) is 1. The van der Waals surface area contributed by atoms with Crippen molar-refractivity contribution in [2.75, 3.05) is 0 Å². The largest absolute Gasteiger partial charge is 0.461 e. The molecule has 0 saturated heterocycles. The van der Waals surface area contributed by atoms with E-state index in [0.29, 0.717) is 5.56 Å². The van der Waals surface area contributed by atoms with Crippen LogP contribution in [0, 0.1) is 10.1 Å². The van der Waals surface area contributed by atoms with Crippen LogP contribution in [0.25, 0.3) is 0 Å². The molecule has 2 aromatic carbocycles. The summed E-state index contributed by atoms with van der Waals surface area (Å²) in [5.74, 6) is -0.408. The van der Waals surface area contributed by atoms with Crippen molar-refractivity contribution < 1.29 is 14.5 Å². The van der Waals surface area contributed by atoms with Crippen LogP contribution in [0.5, 0.6) is 0 Å². The van der Waals surface area contributed by atoms with Crippen LogP contribution < -0.4 is 0 Å². The van der Waals surface area contributed by atoms with Crippen molar-refractivity contribution in [1.82, 2.24) is 0 Å². The standard InChI is InChI=1S/C15H13NO4/c17-15(20-11-12-5-2-1-3-6-12)10-13-7-4-8-14(9-13)16(18)19/h1-9H,10-11H2. The Morgan fingerprint density at radius 2 is 1.75 bits per heavy atom. The lowest BCUT2D eigenvalue weighted by Crippen LogP contribution is -2.08. The zero-order valence-corrected chi connectivity index (χ0v) is 10.7. The molecule has 0 saturated carbocycles. The molecule has 5 nitrogen and oxygen atoms in total. The highest BCUT2D eigenvalue weighted by Crippen LogP contribution is 2.14. The Morgan fingerprint density at radius 1 is 1.05 bits per heavy atom. The molecule has 5 heteroatoms. The lowest BCUT2D eigenvalue weighted by atomic mass is 10.1. The first kappa shape index (κ1) is 13.7. The zero-order chi connectivity index (χ0) is 14.4. The van der Waals surface area contributed by atoms with Crippen molar-refractivity contribution in [1.29, 1.82) is 0 Å². The normalized spacial score (nSPS) is 10.0. The van der Waals surface area contributed by atoms with Crippen LogP contribution in [0.2, 0.25) is 0 Å². The summed E-state index contributed by atoms with van der Waals surface area (Å²) in [5.41, 5.74) is 1.44. The number of carbonyl (C=O) groups excluding carboxylic acids is 1. The molecule has 0 N–H and O–H groups in total. The third-order valence-corrected chi connectivity index (χ3v) is 2.71. The number of benzene rings is 2. The van der Waals surface area contributed by atoms with Gasteiger partial charge in [-0.05, 0) is 11.1 Å². The number of esters is 1. The van der Waals surface area contributed by atoms with Crippen LogP contribution in [0.4, 0.5) is 5.69 Å². The van der Waals surface area contributed by atoms with Gasteiger partial charge in [-0.15, -0.1) is 0 Å². The summed E-state index contributed by atoms with van der Waals surface area (Å²) in [4.78, 5) is 21.8. The van der Waals surface area contributed by atoms with Gasteiger partial charge in [-0.3, -0.25) is 14.9 Å². The fourth-order valence-corrected chi connectivity index (χ4v) is 1.74. The Hall–Kier alpha value is -2.69. The number of rotatable bonds is 5. The van der Waals surface area contributed by atoms with E-state index in [4.69, 9.17) is 4.74 Å². The Kier molecular flexibility index (Phi) is 4.44. The van der Waals surface area contributed by atoms with Gasteiger partial charge in [0.05, 0.1) is 11.3 Å². The lowest BCUT2D eigenvalue weighted by Gasteiger charge is -2.05. The van der Waals surface area contributed by atoms with Crippen molar-refractivity contribution in [3.63, 3.8) is 0 Å². The minimum Gasteiger partial charge on any atom is -0.461 e. The fraction of sp³-hybridized carbons (Fsp3) is 0.133. The molecule has 0 radical (unpaired) electrons. The molecule has 0 spiro atoms. The van der Waals surface area contributed by atoms with Gasteiger partial charge in [-0.1, -0.05) is 42.5 Å². The highest BCUT2D eigenvalue weighted by atomic mass is 16.6. The molecule has 2 aromatic rings. The van der Waals surface area contributed by atoms with Gasteiger partial charge in [-0.25, -0.2) is 0 Å². The Morgan fingerprint density at radius 3 is 2.45 bits per heavy atom. The van der Waals surface area contributed by atoms with E-state index in [9.17, 15) is 14.9 Å². The first-order valence-electron chi connectivity index (χ1n) is 6.08. The molecule has 0 fully saturated rings. The smallest absolute Gasteiger partial charge is 0.310 e. The molecule has 20 heavy (non-hydrogen) atoms. The predicted molar refractivity (Wildman–Crippen MR) is 73.0 cm³/mol. The Labute approximate surface area is 116 Å². The maximum absolute atomic E-state index is 11.7. The molecule has 0 heterocycles. The van der Waals surface area contributed by atoms with E-state index in [1.807, 2.05) is 30.3 Å². The van der Waals surface area contributed by atoms with E-state index in [0.717, 1.165) is 5.56 Å². The summed E-state index contributed by atoms with van der Waals surface area (Å²) in [6.07, 6.45) is 0.0223. The van der Waals surface area contributed by atoms with E-state index in [1.54, 1.807) is 12.1 Å². The van der Waals surface area contributed by atoms with Gasteiger partial charge in [0.25, 0.3) is 5.69 Å². The first-order chi connectivity index (χ1) is 9.65. The fourth-order valence-electron chi connectivity index (χ4n) is 1.74. The van der Waals surface area contributed by atoms with Crippen LogP contribution in [-0.4, -0.2) is 10.9 Å². The summed E-state index contributed by atoms with van der Waals surface area (Å²) < 4.78 is 5.12. The number of non-ortho nitro benzene ring substituents is 1. The highest BCUT2D eigenvalue weighted by Gasteiger charge is 2.09. The Bertz CT molecular complexity index is 610. The minimum absolute atomic E-state index is 0.0223. The van der Waals surface area contributed by atoms with Gasteiger partial charge >= 0.3 is 5.97 Å². The van der Waals surface area contributed by atoms with E-state index in [-0.39, 0.29) is 18.7 Å². The number of hydrogen-bond donors (Lipinski definition) is 0. The second-order valence-corrected chi connectivity index (χ2v) is 4.25. The van der Waals surface area contributed by atoms with Gasteiger partial charge in [0.2, 0.25) is 0 Å². The monoisotopic (exact) mass is 271 g/mol. The molecule has 0 bridgehead atoms. The number of carbonyl (C=O) groups is 1. The van der Waals surface area contributed by atoms with Crippen molar-refractivity contribution in [2.45, 2.75) is 13.0 Å². The van der Waals surface area contributed by atoms with E-state index < -0.39 is 10.9 Å². The summed E-state index contributed by atoms with van der Waals surface area (Å²) in [6.45, 7) is 0.203. The number of nitrogens with zero attached hydrogens (tertiary/aromatic N) is 1. The van der Waals surface area contributed by atoms with Gasteiger partial charge in [0.15, 0.2) is 0 Å². The third-order valence-electron chi connectivity index (χ3n) is 2.71. The summed E-state index contributed by atoms with van der Waals surface area (Å²) in [6, 6.07) is 15.3. The molecule has 0 amide bonds. The van der Waals surface area contributed by atoms with Crippen LogP contribution >= 0.6 is 0 Å². The average molecular weight is 271 g/mol. The molecule has 2 rings (SSSR count). The molecular formula is C15H13NO4. The van der Waals surface area contributed by atoms with Crippen molar-refractivity contribution in [3.8, 4) is 0 Å². The molecular weight excluding hydrogens is 258 g/mol. The molecule has 0 aliphatic carbocycles. The first-order valence-corrected chi connectivity index (χ1v) is 6.08. The summed E-state index contributed by atoms with van der Waals surface area (Å²) in [5, 5.41) is 10.6. The second-order valence-electron chi connectivity index (χ2n) is 4.25. The van der Waals surface area contributed by atoms with Gasteiger partial charge in [0, 0.05) is 12.1 Å². The minimum atomic E-state index is -0.487. The average Bonchev–Trinajstić information content (AvgIpc) is 2.46. The summed E-state index contributed by atoms with van der Waals surface area (Å²) >= 11 is 0. The van der Waals surface area contributed by atoms with E-state index in [2.05, 4.69) is 0 Å². The molecule has 0 aliphatic heterocycles. The highest BCUT2D eigenvalue weighted by molar-refractivity contribution is 5.72. The number of nitro groups is 1.